The first-order chi connectivity index (χ1) is 5.54. The van der Waals surface area contributed by atoms with Crippen molar-refractivity contribution in [2.75, 3.05) is 0 Å². The van der Waals surface area contributed by atoms with Crippen molar-refractivity contribution in [1.82, 2.24) is 0 Å². The molecule has 0 aliphatic heterocycles. The van der Waals surface area contributed by atoms with Gasteiger partial charge in [0, 0.05) is 0 Å². The highest BCUT2D eigenvalue weighted by atomic mass is 16.4. The summed E-state index contributed by atoms with van der Waals surface area (Å²) in [6, 6.07) is 0. The lowest BCUT2D eigenvalue weighted by atomic mass is 9.89. The van der Waals surface area contributed by atoms with Crippen LogP contribution in [0.15, 0.2) is 12.2 Å². The molecule has 0 aromatic heterocycles. The second-order valence-corrected chi connectivity index (χ2v) is 2.72. The highest BCUT2D eigenvalue weighted by Crippen LogP contribution is 2.19. The van der Waals surface area contributed by atoms with Gasteiger partial charge in [-0.3, -0.25) is 4.79 Å². The molecule has 0 bridgehead atoms. The Balaban J connectivity index is 2.81. The Labute approximate surface area is 68.6 Å². The Hall–Kier alpha value is -0.910. The SMILES string of the molecule is O=C(O)C1C=CC(O)C(O)C1O. The third-order valence-electron chi connectivity index (χ3n) is 1.87. The summed E-state index contributed by atoms with van der Waals surface area (Å²) in [5.74, 6) is -2.35. The number of hydrogen-bond acceptors (Lipinski definition) is 4. The number of carboxylic acids is 1. The fourth-order valence-electron chi connectivity index (χ4n) is 1.10. The summed E-state index contributed by atoms with van der Waals surface area (Å²) in [7, 11) is 0. The number of hydrogen-bond donors (Lipinski definition) is 4. The van der Waals surface area contributed by atoms with E-state index >= 15 is 0 Å². The van der Waals surface area contributed by atoms with Gasteiger partial charge in [0.1, 0.15) is 18.1 Å². The van der Waals surface area contributed by atoms with Crippen molar-refractivity contribution < 1.29 is 25.2 Å². The van der Waals surface area contributed by atoms with Gasteiger partial charge < -0.3 is 20.4 Å². The topological polar surface area (TPSA) is 98.0 Å². The van der Waals surface area contributed by atoms with Crippen molar-refractivity contribution in [1.29, 1.82) is 0 Å². The van der Waals surface area contributed by atoms with Gasteiger partial charge in [0.25, 0.3) is 0 Å². The number of rotatable bonds is 1. The Bertz CT molecular complexity index is 212. The van der Waals surface area contributed by atoms with Gasteiger partial charge >= 0.3 is 5.97 Å². The monoisotopic (exact) mass is 174 g/mol. The minimum Gasteiger partial charge on any atom is -0.481 e. The Kier molecular flexibility index (Phi) is 2.46. The normalized spacial score (nSPS) is 41.2. The van der Waals surface area contributed by atoms with Crippen LogP contribution in [0.4, 0.5) is 0 Å². The maximum atomic E-state index is 10.4. The lowest BCUT2D eigenvalue weighted by molar-refractivity contribution is -0.149. The molecule has 0 fully saturated rings. The van der Waals surface area contributed by atoms with Gasteiger partial charge in [-0.25, -0.2) is 0 Å². The summed E-state index contributed by atoms with van der Waals surface area (Å²) in [6.07, 6.45) is -1.71. The van der Waals surface area contributed by atoms with Gasteiger partial charge in [0.05, 0.1) is 6.10 Å². The van der Waals surface area contributed by atoms with Crippen molar-refractivity contribution >= 4 is 5.97 Å². The van der Waals surface area contributed by atoms with Gasteiger partial charge in [-0.15, -0.1) is 0 Å². The molecule has 1 aliphatic rings. The summed E-state index contributed by atoms with van der Waals surface area (Å²) >= 11 is 0. The molecule has 5 heteroatoms. The van der Waals surface area contributed by atoms with E-state index in [2.05, 4.69) is 0 Å². The molecule has 0 saturated carbocycles. The van der Waals surface area contributed by atoms with Crippen LogP contribution in [0.2, 0.25) is 0 Å². The van der Waals surface area contributed by atoms with Crippen molar-refractivity contribution in [3.05, 3.63) is 12.2 Å². The van der Waals surface area contributed by atoms with Gasteiger partial charge in [-0.1, -0.05) is 12.2 Å². The quantitative estimate of drug-likeness (QED) is 0.357. The molecule has 0 amide bonds. The average molecular weight is 174 g/mol. The van der Waals surface area contributed by atoms with Gasteiger partial charge in [0.2, 0.25) is 0 Å². The molecular formula is C7H10O5. The van der Waals surface area contributed by atoms with Crippen LogP contribution in [-0.2, 0) is 4.79 Å². The summed E-state index contributed by atoms with van der Waals surface area (Å²) < 4.78 is 0. The zero-order valence-electron chi connectivity index (χ0n) is 6.16. The molecule has 1 aliphatic carbocycles. The fraction of sp³-hybridized carbons (Fsp3) is 0.571. The largest absolute Gasteiger partial charge is 0.481 e. The van der Waals surface area contributed by atoms with Crippen LogP contribution in [0.1, 0.15) is 0 Å². The molecule has 68 valence electrons. The molecule has 4 atom stereocenters. The number of carbonyl (C=O) groups is 1. The maximum absolute atomic E-state index is 10.4. The summed E-state index contributed by atoms with van der Waals surface area (Å²) in [5.41, 5.74) is 0. The van der Waals surface area contributed by atoms with E-state index in [0.717, 1.165) is 6.08 Å². The molecule has 4 N–H and O–H groups in total. The maximum Gasteiger partial charge on any atom is 0.313 e. The van der Waals surface area contributed by atoms with Crippen LogP contribution in [0, 0.1) is 5.92 Å². The third kappa shape index (κ3) is 1.47. The van der Waals surface area contributed by atoms with Crippen molar-refractivity contribution in [2.24, 2.45) is 5.92 Å². The van der Waals surface area contributed by atoms with Crippen molar-refractivity contribution in [3.63, 3.8) is 0 Å². The highest BCUT2D eigenvalue weighted by molar-refractivity contribution is 5.73. The van der Waals surface area contributed by atoms with E-state index in [1.54, 1.807) is 0 Å². The zero-order chi connectivity index (χ0) is 9.30. The Morgan fingerprint density at radius 2 is 1.67 bits per heavy atom. The summed E-state index contributed by atoms with van der Waals surface area (Å²) in [4.78, 5) is 10.4. The minimum absolute atomic E-state index is 1.14. The molecule has 0 spiro atoms. The number of aliphatic hydroxyl groups excluding tert-OH is 3. The Morgan fingerprint density at radius 1 is 1.08 bits per heavy atom. The van der Waals surface area contributed by atoms with Crippen LogP contribution in [-0.4, -0.2) is 44.7 Å². The van der Waals surface area contributed by atoms with E-state index in [0.29, 0.717) is 0 Å². The second kappa shape index (κ2) is 3.22. The second-order valence-electron chi connectivity index (χ2n) is 2.72. The first-order valence-corrected chi connectivity index (χ1v) is 3.49. The molecule has 0 aromatic rings. The molecule has 0 saturated heterocycles. The van der Waals surface area contributed by atoms with E-state index < -0.39 is 30.2 Å². The standard InChI is InChI=1S/C7H10O5/c8-4-2-1-3(7(11)12)5(9)6(4)10/h1-6,8-10H,(H,11,12). The lowest BCUT2D eigenvalue weighted by Gasteiger charge is -2.28. The van der Waals surface area contributed by atoms with E-state index in [1.165, 1.54) is 6.08 Å². The lowest BCUT2D eigenvalue weighted by Crippen LogP contribution is -2.46. The first kappa shape index (κ1) is 9.18. The van der Waals surface area contributed by atoms with E-state index in [4.69, 9.17) is 20.4 Å². The Morgan fingerprint density at radius 3 is 2.17 bits per heavy atom. The molecule has 0 heterocycles. The van der Waals surface area contributed by atoms with Crippen LogP contribution >= 0.6 is 0 Å². The third-order valence-corrected chi connectivity index (χ3v) is 1.87. The predicted octanol–water partition coefficient (Wildman–Crippen LogP) is -1.66. The van der Waals surface area contributed by atoms with Gasteiger partial charge in [0.15, 0.2) is 0 Å². The summed E-state index contributed by atoms with van der Waals surface area (Å²) in [5, 5.41) is 35.7. The smallest absolute Gasteiger partial charge is 0.313 e. The molecule has 1 rings (SSSR count). The zero-order valence-corrected chi connectivity index (χ0v) is 6.16. The predicted molar refractivity (Wildman–Crippen MR) is 38.3 cm³/mol. The average Bonchev–Trinajstić information content (AvgIpc) is 2.00. The molecule has 12 heavy (non-hydrogen) atoms. The molecular weight excluding hydrogens is 164 g/mol. The summed E-state index contributed by atoms with van der Waals surface area (Å²) in [6.45, 7) is 0. The van der Waals surface area contributed by atoms with Crippen LogP contribution in [0.5, 0.6) is 0 Å². The number of aliphatic hydroxyl groups is 3. The molecule has 0 aromatic carbocycles. The van der Waals surface area contributed by atoms with Gasteiger partial charge in [-0.2, -0.15) is 0 Å². The van der Waals surface area contributed by atoms with Gasteiger partial charge in [-0.05, 0) is 0 Å². The number of carboxylic acid groups (broad SMARTS) is 1. The molecule has 5 nitrogen and oxygen atoms in total. The van der Waals surface area contributed by atoms with Crippen LogP contribution in [0.25, 0.3) is 0 Å². The van der Waals surface area contributed by atoms with E-state index in [9.17, 15) is 4.79 Å². The van der Waals surface area contributed by atoms with Crippen LogP contribution < -0.4 is 0 Å². The first-order valence-electron chi connectivity index (χ1n) is 3.49. The van der Waals surface area contributed by atoms with E-state index in [1.807, 2.05) is 0 Å². The van der Waals surface area contributed by atoms with Crippen molar-refractivity contribution in [2.45, 2.75) is 18.3 Å². The van der Waals surface area contributed by atoms with Crippen LogP contribution in [0.3, 0.4) is 0 Å². The van der Waals surface area contributed by atoms with Crippen molar-refractivity contribution in [3.8, 4) is 0 Å². The molecule has 4 unspecified atom stereocenters. The highest BCUT2D eigenvalue weighted by Gasteiger charge is 2.36. The number of aliphatic carboxylic acids is 1. The molecule has 0 radical (unpaired) electrons. The minimum atomic E-state index is -1.44. The fourth-order valence-corrected chi connectivity index (χ4v) is 1.10. The van der Waals surface area contributed by atoms with E-state index in [-0.39, 0.29) is 0 Å².